The number of rotatable bonds is 4. The molecule has 94 valence electrons. The van der Waals surface area contributed by atoms with E-state index in [2.05, 4.69) is 21.2 Å². The Kier molecular flexibility index (Phi) is 5.77. The van der Waals surface area contributed by atoms with E-state index in [0.29, 0.717) is 10.6 Å². The van der Waals surface area contributed by atoms with E-state index in [1.165, 1.54) is 0 Å². The monoisotopic (exact) mass is 337 g/mol. The first-order valence-electron chi connectivity index (χ1n) is 5.30. The van der Waals surface area contributed by atoms with Crippen LogP contribution in [-0.4, -0.2) is 17.3 Å². The maximum atomic E-state index is 11.9. The summed E-state index contributed by atoms with van der Waals surface area (Å²) < 4.78 is 0.849. The number of benzene rings is 1. The topological polar surface area (TPSA) is 29.1 Å². The molecule has 0 spiro atoms. The molecule has 0 bridgehead atoms. The SMILES string of the molecule is CC(Cl)CC(C)NC(=O)c1ccc(Br)cc1Cl. The van der Waals surface area contributed by atoms with E-state index in [0.717, 1.165) is 10.9 Å². The number of carbonyl (C=O) groups is 1. The van der Waals surface area contributed by atoms with Crippen molar-refractivity contribution >= 4 is 45.0 Å². The van der Waals surface area contributed by atoms with Crippen LogP contribution in [0.2, 0.25) is 5.02 Å². The summed E-state index contributed by atoms with van der Waals surface area (Å²) in [6.07, 6.45) is 0.724. The fraction of sp³-hybridized carbons (Fsp3) is 0.417. The smallest absolute Gasteiger partial charge is 0.253 e. The van der Waals surface area contributed by atoms with Crippen LogP contribution in [0, 0.1) is 0 Å². The van der Waals surface area contributed by atoms with Crippen LogP contribution >= 0.6 is 39.1 Å². The Morgan fingerprint density at radius 2 is 2.12 bits per heavy atom. The van der Waals surface area contributed by atoms with Crippen molar-refractivity contribution < 1.29 is 4.79 Å². The molecule has 0 aliphatic carbocycles. The summed E-state index contributed by atoms with van der Waals surface area (Å²) in [6.45, 7) is 3.82. The summed E-state index contributed by atoms with van der Waals surface area (Å²) in [5.41, 5.74) is 0.476. The number of alkyl halides is 1. The van der Waals surface area contributed by atoms with Crippen LogP contribution in [0.1, 0.15) is 30.6 Å². The molecule has 1 N–H and O–H groups in total. The highest BCUT2D eigenvalue weighted by molar-refractivity contribution is 9.10. The molecule has 1 aromatic rings. The number of carbonyl (C=O) groups excluding carboxylic acids is 1. The maximum absolute atomic E-state index is 11.9. The van der Waals surface area contributed by atoms with E-state index >= 15 is 0 Å². The average molecular weight is 339 g/mol. The Balaban J connectivity index is 2.70. The molecule has 0 radical (unpaired) electrons. The molecule has 17 heavy (non-hydrogen) atoms. The lowest BCUT2D eigenvalue weighted by Crippen LogP contribution is -2.34. The van der Waals surface area contributed by atoms with Crippen LogP contribution in [0.3, 0.4) is 0 Å². The van der Waals surface area contributed by atoms with Gasteiger partial charge in [-0.3, -0.25) is 4.79 Å². The summed E-state index contributed by atoms with van der Waals surface area (Å²) in [5, 5.41) is 3.33. The molecule has 0 aliphatic heterocycles. The quantitative estimate of drug-likeness (QED) is 0.817. The molecule has 1 aromatic carbocycles. The fourth-order valence-corrected chi connectivity index (χ4v) is 2.55. The normalized spacial score (nSPS) is 14.2. The van der Waals surface area contributed by atoms with Gasteiger partial charge in [0.25, 0.3) is 5.91 Å². The van der Waals surface area contributed by atoms with Crippen LogP contribution in [0.25, 0.3) is 0 Å². The van der Waals surface area contributed by atoms with E-state index in [4.69, 9.17) is 23.2 Å². The molecule has 0 saturated heterocycles. The highest BCUT2D eigenvalue weighted by Crippen LogP contribution is 2.21. The van der Waals surface area contributed by atoms with Gasteiger partial charge in [-0.25, -0.2) is 0 Å². The minimum atomic E-state index is -0.174. The zero-order valence-electron chi connectivity index (χ0n) is 9.64. The maximum Gasteiger partial charge on any atom is 0.253 e. The highest BCUT2D eigenvalue weighted by atomic mass is 79.9. The molecule has 0 fully saturated rings. The number of halogens is 3. The predicted molar refractivity (Wildman–Crippen MR) is 76.0 cm³/mol. The van der Waals surface area contributed by atoms with Gasteiger partial charge in [-0.2, -0.15) is 0 Å². The lowest BCUT2D eigenvalue weighted by Gasteiger charge is -2.15. The fourth-order valence-electron chi connectivity index (χ4n) is 1.52. The first-order chi connectivity index (χ1) is 7.90. The van der Waals surface area contributed by atoms with Crippen molar-refractivity contribution in [3.8, 4) is 0 Å². The molecule has 1 rings (SSSR count). The van der Waals surface area contributed by atoms with Gasteiger partial charge in [-0.15, -0.1) is 11.6 Å². The van der Waals surface area contributed by atoms with Gasteiger partial charge in [0, 0.05) is 15.9 Å². The first-order valence-corrected chi connectivity index (χ1v) is 6.91. The molecule has 0 heterocycles. The van der Waals surface area contributed by atoms with E-state index in [-0.39, 0.29) is 17.3 Å². The molecule has 2 unspecified atom stereocenters. The molecule has 0 saturated carbocycles. The number of hydrogen-bond acceptors (Lipinski definition) is 1. The zero-order valence-corrected chi connectivity index (χ0v) is 12.7. The lowest BCUT2D eigenvalue weighted by molar-refractivity contribution is 0.0938. The minimum Gasteiger partial charge on any atom is -0.349 e. The number of amides is 1. The Morgan fingerprint density at radius 1 is 1.47 bits per heavy atom. The molecular weight excluding hydrogens is 325 g/mol. The summed E-state index contributed by atoms with van der Waals surface area (Å²) in [4.78, 5) is 11.9. The highest BCUT2D eigenvalue weighted by Gasteiger charge is 2.14. The Hall–Kier alpha value is -0.250. The molecule has 2 atom stereocenters. The molecule has 2 nitrogen and oxygen atoms in total. The summed E-state index contributed by atoms with van der Waals surface area (Å²) >= 11 is 15.2. The molecular formula is C12H14BrCl2NO. The van der Waals surface area contributed by atoms with Crippen LogP contribution in [0.5, 0.6) is 0 Å². The van der Waals surface area contributed by atoms with Crippen molar-refractivity contribution in [3.05, 3.63) is 33.3 Å². The average Bonchev–Trinajstić information content (AvgIpc) is 2.15. The third kappa shape index (κ3) is 4.86. The van der Waals surface area contributed by atoms with Gasteiger partial charge in [0.2, 0.25) is 0 Å². The van der Waals surface area contributed by atoms with Crippen molar-refractivity contribution in [1.82, 2.24) is 5.32 Å². The van der Waals surface area contributed by atoms with Crippen molar-refractivity contribution in [2.45, 2.75) is 31.7 Å². The third-order valence-corrected chi connectivity index (χ3v) is 3.22. The van der Waals surface area contributed by atoms with Gasteiger partial charge in [-0.05, 0) is 38.5 Å². The Bertz CT molecular complexity index is 409. The van der Waals surface area contributed by atoms with Crippen molar-refractivity contribution in [3.63, 3.8) is 0 Å². The van der Waals surface area contributed by atoms with Gasteiger partial charge in [-0.1, -0.05) is 27.5 Å². The molecule has 5 heteroatoms. The van der Waals surface area contributed by atoms with Gasteiger partial charge >= 0.3 is 0 Å². The molecule has 0 aromatic heterocycles. The predicted octanol–water partition coefficient (Wildman–Crippen LogP) is 4.24. The van der Waals surface area contributed by atoms with Gasteiger partial charge in [0.05, 0.1) is 10.6 Å². The van der Waals surface area contributed by atoms with Crippen LogP contribution in [0.15, 0.2) is 22.7 Å². The van der Waals surface area contributed by atoms with Crippen molar-refractivity contribution in [2.75, 3.05) is 0 Å². The number of hydrogen-bond donors (Lipinski definition) is 1. The second-order valence-corrected chi connectivity index (χ2v) is 6.08. The second-order valence-electron chi connectivity index (χ2n) is 4.02. The summed E-state index contributed by atoms with van der Waals surface area (Å²) in [7, 11) is 0. The van der Waals surface area contributed by atoms with Gasteiger partial charge in [0.1, 0.15) is 0 Å². The van der Waals surface area contributed by atoms with E-state index in [1.807, 2.05) is 13.8 Å². The third-order valence-electron chi connectivity index (χ3n) is 2.23. The van der Waals surface area contributed by atoms with Crippen molar-refractivity contribution in [2.24, 2.45) is 0 Å². The zero-order chi connectivity index (χ0) is 13.0. The van der Waals surface area contributed by atoms with E-state index in [1.54, 1.807) is 18.2 Å². The minimum absolute atomic E-state index is 0.0229. The Labute approximate surface area is 120 Å². The standard InChI is InChI=1S/C12H14BrCl2NO/c1-7(14)5-8(2)16-12(17)10-4-3-9(13)6-11(10)15/h3-4,6-8H,5H2,1-2H3,(H,16,17). The summed E-state index contributed by atoms with van der Waals surface area (Å²) in [6, 6.07) is 5.20. The van der Waals surface area contributed by atoms with E-state index < -0.39 is 0 Å². The first kappa shape index (κ1) is 14.8. The van der Waals surface area contributed by atoms with E-state index in [9.17, 15) is 4.79 Å². The summed E-state index contributed by atoms with van der Waals surface area (Å²) in [5.74, 6) is -0.174. The molecule has 0 aliphatic rings. The van der Waals surface area contributed by atoms with Crippen molar-refractivity contribution in [1.29, 1.82) is 0 Å². The number of nitrogens with one attached hydrogen (secondary N) is 1. The van der Waals surface area contributed by atoms with Crippen LogP contribution < -0.4 is 5.32 Å². The van der Waals surface area contributed by atoms with Crippen LogP contribution in [0.4, 0.5) is 0 Å². The van der Waals surface area contributed by atoms with Gasteiger partial charge in [0.15, 0.2) is 0 Å². The second kappa shape index (κ2) is 6.62. The van der Waals surface area contributed by atoms with Crippen LogP contribution in [-0.2, 0) is 0 Å². The largest absolute Gasteiger partial charge is 0.349 e. The lowest BCUT2D eigenvalue weighted by atomic mass is 10.1. The Morgan fingerprint density at radius 3 is 2.65 bits per heavy atom. The molecule has 1 amide bonds. The van der Waals surface area contributed by atoms with Gasteiger partial charge < -0.3 is 5.32 Å².